The zero-order chi connectivity index (χ0) is 30.2. The first-order valence-electron chi connectivity index (χ1n) is 15.2. The topological polar surface area (TPSA) is 69.6 Å². The molecule has 0 aliphatic carbocycles. The Labute approximate surface area is 262 Å². The smallest absolute Gasteiger partial charge is 0.188 e. The predicted molar refractivity (Wildman–Crippen MR) is 185 cm³/mol. The third kappa shape index (κ3) is 3.58. The van der Waals surface area contributed by atoms with Crippen LogP contribution in [0.5, 0.6) is 0 Å². The lowest BCUT2D eigenvalue weighted by Crippen LogP contribution is -2.04. The number of hydrogen-bond acceptors (Lipinski definition) is 5. The van der Waals surface area contributed by atoms with Crippen LogP contribution in [0.25, 0.3) is 93.8 Å². The van der Waals surface area contributed by atoms with E-state index in [9.17, 15) is 0 Å². The fourth-order valence-electron chi connectivity index (χ4n) is 6.92. The summed E-state index contributed by atoms with van der Waals surface area (Å²) in [5.74, 6) is 0.641. The quantitative estimate of drug-likeness (QED) is 0.205. The van der Waals surface area contributed by atoms with Gasteiger partial charge >= 0.3 is 0 Å². The lowest BCUT2D eigenvalue weighted by Gasteiger charge is -2.11. The summed E-state index contributed by atoms with van der Waals surface area (Å²) in [7, 11) is 0. The highest BCUT2D eigenvalue weighted by atomic mass is 16.3. The molecule has 0 saturated carbocycles. The molecule has 0 fully saturated rings. The molecule has 0 spiro atoms. The minimum absolute atomic E-state index is 0.641. The Morgan fingerprint density at radius 3 is 2.15 bits per heavy atom. The highest BCUT2D eigenvalue weighted by molar-refractivity contribution is 6.19. The van der Waals surface area contributed by atoms with Crippen molar-refractivity contribution in [3.63, 3.8) is 0 Å². The molecular formula is C40H23N5O. The average molecular weight is 590 g/mol. The van der Waals surface area contributed by atoms with Crippen LogP contribution in [0.15, 0.2) is 144 Å². The molecule has 0 unspecified atom stereocenters. The highest BCUT2D eigenvalue weighted by Crippen LogP contribution is 2.41. The molecule has 4 aromatic heterocycles. The van der Waals surface area contributed by atoms with Crippen LogP contribution in [0, 0.1) is 0 Å². The highest BCUT2D eigenvalue weighted by Gasteiger charge is 2.22. The van der Waals surface area contributed by atoms with Gasteiger partial charge in [0.1, 0.15) is 27.9 Å². The monoisotopic (exact) mass is 589 g/mol. The van der Waals surface area contributed by atoms with E-state index in [0.29, 0.717) is 22.5 Å². The minimum Gasteiger partial charge on any atom is -0.456 e. The van der Waals surface area contributed by atoms with Gasteiger partial charge in [-0.3, -0.25) is 9.55 Å². The van der Waals surface area contributed by atoms with Crippen LogP contribution < -0.4 is 0 Å². The molecule has 0 amide bonds. The van der Waals surface area contributed by atoms with Crippen molar-refractivity contribution in [1.29, 1.82) is 0 Å². The van der Waals surface area contributed by atoms with Crippen molar-refractivity contribution < 1.29 is 4.42 Å². The minimum atomic E-state index is 0.641. The summed E-state index contributed by atoms with van der Waals surface area (Å²) in [6.45, 7) is 0. The van der Waals surface area contributed by atoms with Gasteiger partial charge < -0.3 is 4.42 Å². The van der Waals surface area contributed by atoms with Crippen LogP contribution in [0.2, 0.25) is 0 Å². The van der Waals surface area contributed by atoms with Crippen LogP contribution in [-0.2, 0) is 0 Å². The maximum Gasteiger partial charge on any atom is 0.188 e. The first-order chi connectivity index (χ1) is 22.8. The molecule has 6 heteroatoms. The van der Waals surface area contributed by atoms with Crippen LogP contribution in [-0.4, -0.2) is 24.7 Å². The van der Waals surface area contributed by atoms with Gasteiger partial charge in [-0.25, -0.2) is 4.98 Å². The van der Waals surface area contributed by atoms with Gasteiger partial charge in [-0.2, -0.15) is 0 Å². The van der Waals surface area contributed by atoms with Gasteiger partial charge in [0, 0.05) is 39.5 Å². The van der Waals surface area contributed by atoms with Gasteiger partial charge in [0.05, 0.1) is 11.0 Å². The zero-order valence-corrected chi connectivity index (χ0v) is 24.4. The van der Waals surface area contributed by atoms with E-state index in [-0.39, 0.29) is 0 Å². The number of aromatic nitrogens is 5. The van der Waals surface area contributed by atoms with E-state index >= 15 is 0 Å². The van der Waals surface area contributed by atoms with Gasteiger partial charge in [-0.15, -0.1) is 10.2 Å². The van der Waals surface area contributed by atoms with Gasteiger partial charge in [0.15, 0.2) is 5.82 Å². The Morgan fingerprint density at radius 2 is 1.26 bits per heavy atom. The second-order valence-electron chi connectivity index (χ2n) is 11.6. The van der Waals surface area contributed by atoms with Gasteiger partial charge in [-0.05, 0) is 64.4 Å². The number of para-hydroxylation sites is 1. The van der Waals surface area contributed by atoms with E-state index in [4.69, 9.17) is 24.6 Å². The Balaban J connectivity index is 1.28. The Morgan fingerprint density at radius 1 is 0.500 bits per heavy atom. The standard InChI is InChI=1S/C40H23N5O/c1-2-9-24(10-3-1)28-14-8-15-32-36(28)31-21-25-11-4-5-12-26(25)23-33(31)45(32)40-39-38(41-19-20-42-39)37(43-44-40)27-17-18-35-30(22-27)29-13-6-7-16-34(29)46-35/h1-23H. The Kier molecular flexibility index (Phi) is 5.19. The second kappa shape index (κ2) is 9.55. The molecule has 0 bridgehead atoms. The number of furan rings is 1. The molecule has 0 aliphatic heterocycles. The summed E-state index contributed by atoms with van der Waals surface area (Å²) in [5, 5.41) is 16.5. The molecule has 46 heavy (non-hydrogen) atoms. The van der Waals surface area contributed by atoms with Crippen molar-refractivity contribution in [3.05, 3.63) is 140 Å². The number of nitrogens with zero attached hydrogens (tertiary/aromatic N) is 5. The molecular weight excluding hydrogens is 566 g/mol. The van der Waals surface area contributed by atoms with Crippen molar-refractivity contribution >= 4 is 65.6 Å². The normalized spacial score (nSPS) is 11.9. The molecule has 0 aliphatic rings. The zero-order valence-electron chi connectivity index (χ0n) is 24.4. The number of hydrogen-bond donors (Lipinski definition) is 0. The van der Waals surface area contributed by atoms with Gasteiger partial charge in [0.2, 0.25) is 0 Å². The SMILES string of the molecule is c1ccc(-c2cccc3c2c2cc4ccccc4cc2n3-c2nnc(-c3ccc4oc5ccccc5c4c3)c3nccnc23)cc1. The summed E-state index contributed by atoms with van der Waals surface area (Å²) in [5.41, 5.74) is 9.04. The number of benzene rings is 6. The maximum absolute atomic E-state index is 6.09. The molecule has 6 aromatic carbocycles. The number of fused-ring (bicyclic) bond motifs is 8. The molecule has 0 atom stereocenters. The van der Waals surface area contributed by atoms with Crippen molar-refractivity contribution in [2.45, 2.75) is 0 Å². The molecule has 10 rings (SSSR count). The van der Waals surface area contributed by atoms with Gasteiger partial charge in [0.25, 0.3) is 0 Å². The van der Waals surface area contributed by atoms with Crippen LogP contribution >= 0.6 is 0 Å². The Bertz CT molecular complexity index is 2820. The van der Waals surface area contributed by atoms with E-state index in [1.54, 1.807) is 12.4 Å². The van der Waals surface area contributed by atoms with Crippen molar-refractivity contribution in [2.24, 2.45) is 0 Å². The van der Waals surface area contributed by atoms with Crippen molar-refractivity contribution in [1.82, 2.24) is 24.7 Å². The number of rotatable bonds is 3. The summed E-state index contributed by atoms with van der Waals surface area (Å²) < 4.78 is 8.28. The summed E-state index contributed by atoms with van der Waals surface area (Å²) in [6.07, 6.45) is 3.44. The van der Waals surface area contributed by atoms with E-state index in [0.717, 1.165) is 65.8 Å². The van der Waals surface area contributed by atoms with E-state index in [1.165, 1.54) is 5.39 Å². The van der Waals surface area contributed by atoms with E-state index < -0.39 is 0 Å². The largest absolute Gasteiger partial charge is 0.456 e. The molecule has 214 valence electrons. The van der Waals surface area contributed by atoms with Crippen molar-refractivity contribution in [3.8, 4) is 28.2 Å². The van der Waals surface area contributed by atoms with Crippen LogP contribution in [0.1, 0.15) is 0 Å². The molecule has 4 heterocycles. The third-order valence-corrected chi connectivity index (χ3v) is 8.98. The fourth-order valence-corrected chi connectivity index (χ4v) is 6.92. The molecule has 0 radical (unpaired) electrons. The van der Waals surface area contributed by atoms with Crippen molar-refractivity contribution in [2.75, 3.05) is 0 Å². The summed E-state index contributed by atoms with van der Waals surface area (Å²) >= 11 is 0. The Hall–Kier alpha value is -6.40. The fraction of sp³-hybridized carbons (Fsp3) is 0. The predicted octanol–water partition coefficient (Wildman–Crippen LogP) is 9.90. The molecule has 10 aromatic rings. The van der Waals surface area contributed by atoms with Crippen LogP contribution in [0.4, 0.5) is 0 Å². The van der Waals surface area contributed by atoms with E-state index in [2.05, 4.69) is 102 Å². The summed E-state index contributed by atoms with van der Waals surface area (Å²) in [6, 6.07) is 44.2. The van der Waals surface area contributed by atoms with E-state index in [1.807, 2.05) is 30.3 Å². The lowest BCUT2D eigenvalue weighted by atomic mass is 9.98. The molecule has 0 saturated heterocycles. The van der Waals surface area contributed by atoms with Gasteiger partial charge in [-0.1, -0.05) is 84.9 Å². The van der Waals surface area contributed by atoms with Crippen LogP contribution in [0.3, 0.4) is 0 Å². The summed E-state index contributed by atoms with van der Waals surface area (Å²) in [4.78, 5) is 9.71. The maximum atomic E-state index is 6.09. The lowest BCUT2D eigenvalue weighted by molar-refractivity contribution is 0.669. The first-order valence-corrected chi connectivity index (χ1v) is 15.2. The third-order valence-electron chi connectivity index (χ3n) is 8.98. The second-order valence-corrected chi connectivity index (χ2v) is 11.6. The first kappa shape index (κ1) is 25.0. The molecule has 0 N–H and O–H groups in total. The molecule has 6 nitrogen and oxygen atoms in total. The average Bonchev–Trinajstić information content (AvgIpc) is 3.65.